The quantitative estimate of drug-likeness (QED) is 0.590. The Hall–Kier alpha value is -1.48. The Morgan fingerprint density at radius 1 is 1.17 bits per heavy atom. The molecule has 4 fully saturated rings. The average molecular weight is 518 g/mol. The Morgan fingerprint density at radius 2 is 2.03 bits per heavy atom. The van der Waals surface area contributed by atoms with E-state index in [0.717, 1.165) is 62.6 Å². The fourth-order valence-electron chi connectivity index (χ4n) is 6.37. The summed E-state index contributed by atoms with van der Waals surface area (Å²) in [5.41, 5.74) is 10.2. The summed E-state index contributed by atoms with van der Waals surface area (Å²) in [7, 11) is 0. The second kappa shape index (κ2) is 9.43. The molecule has 4 unspecified atom stereocenters. The molecule has 35 heavy (non-hydrogen) atoms. The number of halogens is 2. The van der Waals surface area contributed by atoms with Gasteiger partial charge in [-0.15, -0.1) is 0 Å². The van der Waals surface area contributed by atoms with Crippen LogP contribution in [0.4, 0.5) is 5.82 Å². The minimum Gasteiger partial charge on any atom is -0.381 e. The first-order valence-electron chi connectivity index (χ1n) is 12.7. The van der Waals surface area contributed by atoms with Crippen molar-refractivity contribution in [1.29, 1.82) is 0 Å². The van der Waals surface area contributed by atoms with Crippen LogP contribution < -0.4 is 15.8 Å². The molecule has 1 saturated carbocycles. The molecule has 5 heterocycles. The van der Waals surface area contributed by atoms with Gasteiger partial charge in [-0.3, -0.25) is 10.4 Å². The molecule has 2 N–H and O–H groups in total. The summed E-state index contributed by atoms with van der Waals surface area (Å²) >= 11 is 13.0. The highest BCUT2D eigenvalue weighted by Crippen LogP contribution is 2.43. The topological polar surface area (TPSA) is 71.5 Å². The summed E-state index contributed by atoms with van der Waals surface area (Å²) in [4.78, 5) is 11.4. The summed E-state index contributed by atoms with van der Waals surface area (Å²) in [5.74, 6) is 1.50. The molecule has 4 aliphatic rings. The standard InChI is InChI=1S/C26H33Cl2N5O2/c1-15-24(28)23(20(27)11-29-15)16(2)35-18-4-5-21-19(9-18)25(32-31-21)17-3-6-22(30-10-17)33-12-26(13-33)7-8-34-14-26/h3,6,10-11,16,18-19,21,25,31-32H,4-5,7-9,12-14H2,1-2H3/t16-,18?,19?,21?,25?/m1/s1. The molecule has 6 rings (SSSR count). The smallest absolute Gasteiger partial charge is 0.128 e. The average Bonchev–Trinajstić information content (AvgIpc) is 3.49. The van der Waals surface area contributed by atoms with Crippen molar-refractivity contribution in [3.63, 3.8) is 0 Å². The van der Waals surface area contributed by atoms with E-state index in [9.17, 15) is 0 Å². The van der Waals surface area contributed by atoms with Gasteiger partial charge in [0.1, 0.15) is 5.82 Å². The van der Waals surface area contributed by atoms with Crippen molar-refractivity contribution in [2.75, 3.05) is 31.2 Å². The van der Waals surface area contributed by atoms with Crippen LogP contribution in [-0.2, 0) is 9.47 Å². The van der Waals surface area contributed by atoms with Crippen LogP contribution in [0.15, 0.2) is 24.5 Å². The van der Waals surface area contributed by atoms with Crippen LogP contribution in [0.3, 0.4) is 0 Å². The van der Waals surface area contributed by atoms with Crippen LogP contribution >= 0.6 is 23.2 Å². The molecule has 3 saturated heterocycles. The van der Waals surface area contributed by atoms with Gasteiger partial charge in [0.15, 0.2) is 0 Å². The molecule has 0 bridgehead atoms. The van der Waals surface area contributed by atoms with Gasteiger partial charge in [-0.2, -0.15) is 0 Å². The summed E-state index contributed by atoms with van der Waals surface area (Å²) in [6, 6.07) is 5.04. The van der Waals surface area contributed by atoms with E-state index < -0.39 is 0 Å². The van der Waals surface area contributed by atoms with Crippen LogP contribution in [0.1, 0.15) is 61.6 Å². The lowest BCUT2D eigenvalue weighted by molar-refractivity contribution is -0.0370. The van der Waals surface area contributed by atoms with E-state index in [2.05, 4.69) is 32.9 Å². The third-order valence-electron chi connectivity index (χ3n) is 8.38. The minimum absolute atomic E-state index is 0.147. The zero-order valence-corrected chi connectivity index (χ0v) is 21.8. The lowest BCUT2D eigenvalue weighted by Crippen LogP contribution is -2.57. The first-order valence-corrected chi connectivity index (χ1v) is 13.4. The maximum absolute atomic E-state index is 6.52. The molecule has 1 aliphatic carbocycles. The van der Waals surface area contributed by atoms with Crippen molar-refractivity contribution in [3.8, 4) is 0 Å². The van der Waals surface area contributed by atoms with Gasteiger partial charge in [0.25, 0.3) is 0 Å². The predicted molar refractivity (Wildman–Crippen MR) is 137 cm³/mol. The van der Waals surface area contributed by atoms with E-state index in [1.165, 1.54) is 12.0 Å². The van der Waals surface area contributed by atoms with Crippen LogP contribution in [-0.4, -0.2) is 48.4 Å². The lowest BCUT2D eigenvalue weighted by atomic mass is 9.78. The predicted octanol–water partition coefficient (Wildman–Crippen LogP) is 4.78. The van der Waals surface area contributed by atoms with Crippen LogP contribution in [0, 0.1) is 18.3 Å². The molecule has 2 aromatic heterocycles. The number of aromatic nitrogens is 2. The Bertz CT molecular complexity index is 1070. The monoisotopic (exact) mass is 517 g/mol. The largest absolute Gasteiger partial charge is 0.381 e. The van der Waals surface area contributed by atoms with Gasteiger partial charge in [0.2, 0.25) is 0 Å². The third-order valence-corrected chi connectivity index (χ3v) is 9.16. The van der Waals surface area contributed by atoms with Crippen molar-refractivity contribution in [2.24, 2.45) is 11.3 Å². The molecule has 2 aromatic rings. The Labute approximate surface area is 216 Å². The fourth-order valence-corrected chi connectivity index (χ4v) is 7.02. The zero-order valence-electron chi connectivity index (χ0n) is 20.3. The number of rotatable bonds is 5. The Morgan fingerprint density at radius 3 is 2.77 bits per heavy atom. The molecule has 7 nitrogen and oxygen atoms in total. The van der Waals surface area contributed by atoms with Crippen molar-refractivity contribution < 1.29 is 9.47 Å². The minimum atomic E-state index is -0.190. The van der Waals surface area contributed by atoms with Crippen LogP contribution in [0.5, 0.6) is 0 Å². The van der Waals surface area contributed by atoms with Crippen molar-refractivity contribution in [1.82, 2.24) is 20.8 Å². The number of nitrogens with zero attached hydrogens (tertiary/aromatic N) is 3. The van der Waals surface area contributed by atoms with E-state index >= 15 is 0 Å². The number of fused-ring (bicyclic) bond motifs is 1. The summed E-state index contributed by atoms with van der Waals surface area (Å²) < 4.78 is 12.1. The Balaban J connectivity index is 1.10. The Kier molecular flexibility index (Phi) is 6.44. The number of ether oxygens (including phenoxy) is 2. The highest BCUT2D eigenvalue weighted by atomic mass is 35.5. The first-order chi connectivity index (χ1) is 16.9. The number of hydrogen-bond donors (Lipinski definition) is 2. The molecule has 0 amide bonds. The van der Waals surface area contributed by atoms with Gasteiger partial charge in [-0.05, 0) is 57.1 Å². The van der Waals surface area contributed by atoms with E-state index in [1.54, 1.807) is 6.20 Å². The van der Waals surface area contributed by atoms with Gasteiger partial charge in [-0.1, -0.05) is 29.3 Å². The normalized spacial score (nSPS) is 30.3. The molecular formula is C26H33Cl2N5O2. The highest BCUT2D eigenvalue weighted by Gasteiger charge is 2.46. The molecule has 188 valence electrons. The molecule has 0 aromatic carbocycles. The van der Waals surface area contributed by atoms with Gasteiger partial charge in [0.05, 0.1) is 40.6 Å². The number of hydrazine groups is 1. The second-order valence-corrected chi connectivity index (χ2v) is 11.6. The summed E-state index contributed by atoms with van der Waals surface area (Å²) in [5, 5.41) is 1.16. The summed E-state index contributed by atoms with van der Waals surface area (Å²) in [6.07, 6.45) is 7.86. The number of nitrogens with one attached hydrogen (secondary N) is 2. The SMILES string of the molecule is Cc1ncc(Cl)c([C@@H](C)OC2CCC3NNC(c4ccc(N5CC6(CCOC6)C5)nc4)C3C2)c1Cl. The highest BCUT2D eigenvalue weighted by molar-refractivity contribution is 6.36. The van der Waals surface area contributed by atoms with E-state index in [4.69, 9.17) is 37.7 Å². The van der Waals surface area contributed by atoms with Gasteiger partial charge in [0, 0.05) is 49.1 Å². The van der Waals surface area contributed by atoms with Crippen LogP contribution in [0.2, 0.25) is 10.0 Å². The second-order valence-electron chi connectivity index (χ2n) is 10.8. The number of aryl methyl sites for hydroxylation is 1. The van der Waals surface area contributed by atoms with Crippen LogP contribution in [0.25, 0.3) is 0 Å². The molecule has 5 atom stereocenters. The van der Waals surface area contributed by atoms with Gasteiger partial charge in [-0.25, -0.2) is 10.4 Å². The van der Waals surface area contributed by atoms with E-state index in [-0.39, 0.29) is 18.2 Å². The molecule has 0 radical (unpaired) electrons. The number of hydrogen-bond acceptors (Lipinski definition) is 7. The molecule has 9 heteroatoms. The summed E-state index contributed by atoms with van der Waals surface area (Å²) in [6.45, 7) is 7.81. The maximum Gasteiger partial charge on any atom is 0.128 e. The fraction of sp³-hybridized carbons (Fsp3) is 0.615. The van der Waals surface area contributed by atoms with Crippen molar-refractivity contribution >= 4 is 29.0 Å². The first kappa shape index (κ1) is 23.9. The van der Waals surface area contributed by atoms with Gasteiger partial charge < -0.3 is 14.4 Å². The molecule has 1 spiro atoms. The lowest BCUT2D eigenvalue weighted by Gasteiger charge is -2.47. The van der Waals surface area contributed by atoms with E-state index in [0.29, 0.717) is 27.4 Å². The van der Waals surface area contributed by atoms with Gasteiger partial charge >= 0.3 is 0 Å². The maximum atomic E-state index is 6.52. The zero-order chi connectivity index (χ0) is 24.2. The van der Waals surface area contributed by atoms with E-state index in [1.807, 2.05) is 20.0 Å². The number of pyridine rings is 2. The van der Waals surface area contributed by atoms with Crippen molar-refractivity contribution in [2.45, 2.75) is 63.8 Å². The van der Waals surface area contributed by atoms with Crippen molar-refractivity contribution in [3.05, 3.63) is 51.4 Å². The third kappa shape index (κ3) is 4.45. The molecule has 3 aliphatic heterocycles. The number of anilines is 1. The molecular weight excluding hydrogens is 485 g/mol.